The van der Waals surface area contributed by atoms with Gasteiger partial charge in [-0.2, -0.15) is 20.2 Å². The van der Waals surface area contributed by atoms with E-state index in [0.717, 1.165) is 17.3 Å². The van der Waals surface area contributed by atoms with Crippen LogP contribution in [0.25, 0.3) is 0 Å². The minimum absolute atomic E-state index is 0.0153. The number of thioether (sulfide) groups is 1. The highest BCUT2D eigenvalue weighted by molar-refractivity contribution is 7.98. The van der Waals surface area contributed by atoms with Crippen LogP contribution in [0, 0.1) is 5.41 Å². The molecule has 0 aromatic carbocycles. The molecule has 1 rings (SSSR count). The maximum Gasteiger partial charge on any atom is 0.394 e. The molecule has 0 spiro atoms. The van der Waals surface area contributed by atoms with Crippen molar-refractivity contribution >= 4 is 28.1 Å². The lowest BCUT2D eigenvalue weighted by molar-refractivity contribution is 0.381. The fourth-order valence-corrected chi connectivity index (χ4v) is 1.55. The third-order valence-electron chi connectivity index (χ3n) is 1.41. The standard InChI is InChI=1S/C8H13N5S.H2O4S/c9-8(10)13-4-5-14-6-7-11-2-1-3-12-7;1-5(2,3)4/h1-3H,4-6H2,(H4,9,10,13);(H2,1,2,3,4). The molecule has 19 heavy (non-hydrogen) atoms. The Labute approximate surface area is 115 Å². The van der Waals surface area contributed by atoms with Crippen LogP contribution in [0.5, 0.6) is 0 Å². The number of hydrogen-bond acceptors (Lipinski definition) is 6. The summed E-state index contributed by atoms with van der Waals surface area (Å²) in [6.45, 7) is 0.701. The van der Waals surface area contributed by atoms with Gasteiger partial charge in [0, 0.05) is 24.7 Å². The fraction of sp³-hybridized carbons (Fsp3) is 0.375. The highest BCUT2D eigenvalue weighted by atomic mass is 32.3. The van der Waals surface area contributed by atoms with Crippen LogP contribution in [0.1, 0.15) is 5.82 Å². The van der Waals surface area contributed by atoms with Gasteiger partial charge in [0.25, 0.3) is 0 Å². The van der Waals surface area contributed by atoms with Gasteiger partial charge in [-0.1, -0.05) is 0 Å². The average molecular weight is 309 g/mol. The average Bonchev–Trinajstić information content (AvgIpc) is 2.27. The van der Waals surface area contributed by atoms with E-state index in [9.17, 15) is 0 Å². The smallest absolute Gasteiger partial charge is 0.370 e. The number of rotatable bonds is 5. The van der Waals surface area contributed by atoms with E-state index in [1.807, 2.05) is 0 Å². The fourth-order valence-electron chi connectivity index (χ4n) is 0.826. The van der Waals surface area contributed by atoms with Crippen LogP contribution in [0.3, 0.4) is 0 Å². The first-order valence-electron chi connectivity index (χ1n) is 4.90. The Hall–Kier alpha value is -1.43. The number of guanidine groups is 1. The molecular weight excluding hydrogens is 294 g/mol. The molecule has 0 unspecified atom stereocenters. The third-order valence-corrected chi connectivity index (χ3v) is 2.37. The molecule has 9 nitrogen and oxygen atoms in total. The van der Waals surface area contributed by atoms with Crippen molar-refractivity contribution in [2.75, 3.05) is 12.3 Å². The zero-order valence-corrected chi connectivity index (χ0v) is 11.5. The molecule has 1 aromatic heterocycles. The summed E-state index contributed by atoms with van der Waals surface area (Å²) >= 11 is 1.71. The molecule has 1 heterocycles. The van der Waals surface area contributed by atoms with Gasteiger partial charge in [0.1, 0.15) is 5.82 Å². The van der Waals surface area contributed by atoms with Crippen LogP contribution in [-0.2, 0) is 16.2 Å². The molecule has 0 amide bonds. The predicted molar refractivity (Wildman–Crippen MR) is 72.3 cm³/mol. The number of aromatic nitrogens is 2. The molecule has 0 saturated carbocycles. The molecule has 0 aliphatic rings. The lowest BCUT2D eigenvalue weighted by Gasteiger charge is -2.02. The van der Waals surface area contributed by atoms with Gasteiger partial charge in [-0.25, -0.2) is 9.97 Å². The molecule has 0 atom stereocenters. The van der Waals surface area contributed by atoms with Crippen molar-refractivity contribution in [3.8, 4) is 0 Å². The van der Waals surface area contributed by atoms with Gasteiger partial charge in [0.2, 0.25) is 0 Å². The van der Waals surface area contributed by atoms with Crippen molar-refractivity contribution in [3.63, 3.8) is 0 Å². The summed E-state index contributed by atoms with van der Waals surface area (Å²) < 4.78 is 31.6. The van der Waals surface area contributed by atoms with Crippen molar-refractivity contribution in [3.05, 3.63) is 24.3 Å². The number of nitrogens with zero attached hydrogens (tertiary/aromatic N) is 2. The first kappa shape index (κ1) is 17.6. The van der Waals surface area contributed by atoms with Gasteiger partial charge in [-0.05, 0) is 6.07 Å². The maximum atomic E-state index is 8.74. The Morgan fingerprint density at radius 1 is 1.42 bits per heavy atom. The van der Waals surface area contributed by atoms with Crippen molar-refractivity contribution in [2.45, 2.75) is 5.75 Å². The quantitative estimate of drug-likeness (QED) is 0.209. The van der Waals surface area contributed by atoms with E-state index in [0.29, 0.717) is 6.54 Å². The van der Waals surface area contributed by atoms with Gasteiger partial charge < -0.3 is 11.1 Å². The zero-order chi connectivity index (χ0) is 14.7. The van der Waals surface area contributed by atoms with Crippen LogP contribution >= 0.6 is 11.8 Å². The first-order valence-corrected chi connectivity index (χ1v) is 7.45. The van der Waals surface area contributed by atoms with Gasteiger partial charge in [0.15, 0.2) is 5.96 Å². The van der Waals surface area contributed by atoms with E-state index in [-0.39, 0.29) is 5.96 Å². The molecule has 1 aromatic rings. The lowest BCUT2D eigenvalue weighted by atomic mass is 10.6. The normalized spacial score (nSPS) is 10.2. The predicted octanol–water partition coefficient (Wildman–Crippen LogP) is -0.460. The van der Waals surface area contributed by atoms with Crippen molar-refractivity contribution in [1.29, 1.82) is 5.41 Å². The van der Waals surface area contributed by atoms with Crippen molar-refractivity contribution in [2.24, 2.45) is 5.73 Å². The second-order valence-electron chi connectivity index (χ2n) is 3.01. The largest absolute Gasteiger partial charge is 0.394 e. The summed E-state index contributed by atoms with van der Waals surface area (Å²) in [5.74, 6) is 2.53. The SMILES string of the molecule is N=C(N)NCCSCc1ncccn1.O=S(=O)(O)O. The van der Waals surface area contributed by atoms with Crippen LogP contribution in [0.4, 0.5) is 0 Å². The molecule has 0 saturated heterocycles. The Bertz CT molecular complexity index is 459. The van der Waals surface area contributed by atoms with E-state index in [1.54, 1.807) is 30.2 Å². The Morgan fingerprint density at radius 3 is 2.42 bits per heavy atom. The number of nitrogens with one attached hydrogen (secondary N) is 2. The summed E-state index contributed by atoms with van der Waals surface area (Å²) in [7, 11) is -4.67. The summed E-state index contributed by atoms with van der Waals surface area (Å²) in [6, 6.07) is 1.80. The van der Waals surface area contributed by atoms with Gasteiger partial charge >= 0.3 is 10.4 Å². The molecule has 0 radical (unpaired) electrons. The van der Waals surface area contributed by atoms with Crippen LogP contribution < -0.4 is 11.1 Å². The van der Waals surface area contributed by atoms with E-state index in [4.69, 9.17) is 28.7 Å². The second-order valence-corrected chi connectivity index (χ2v) is 5.01. The maximum absolute atomic E-state index is 8.74. The second kappa shape index (κ2) is 9.49. The monoisotopic (exact) mass is 309 g/mol. The molecule has 0 aliphatic heterocycles. The Kier molecular flexibility index (Phi) is 8.78. The van der Waals surface area contributed by atoms with Crippen LogP contribution in [0.15, 0.2) is 18.5 Å². The van der Waals surface area contributed by atoms with E-state index < -0.39 is 10.4 Å². The lowest BCUT2D eigenvalue weighted by Crippen LogP contribution is -2.31. The summed E-state index contributed by atoms with van der Waals surface area (Å²) in [5, 5.41) is 9.66. The number of nitrogens with two attached hydrogens (primary N) is 1. The Morgan fingerprint density at radius 2 is 1.95 bits per heavy atom. The zero-order valence-electron chi connectivity index (χ0n) is 9.85. The molecule has 0 fully saturated rings. The summed E-state index contributed by atoms with van der Waals surface area (Å²) in [4.78, 5) is 8.18. The topological polar surface area (TPSA) is 162 Å². The van der Waals surface area contributed by atoms with Crippen LogP contribution in [0.2, 0.25) is 0 Å². The highest BCUT2D eigenvalue weighted by Gasteiger charge is 1.94. The van der Waals surface area contributed by atoms with Crippen molar-refractivity contribution < 1.29 is 17.5 Å². The van der Waals surface area contributed by atoms with Gasteiger partial charge in [-0.3, -0.25) is 14.5 Å². The minimum Gasteiger partial charge on any atom is -0.370 e. The molecule has 6 N–H and O–H groups in total. The summed E-state index contributed by atoms with van der Waals surface area (Å²) in [5.41, 5.74) is 5.12. The number of hydrogen-bond donors (Lipinski definition) is 5. The van der Waals surface area contributed by atoms with Gasteiger partial charge in [-0.15, -0.1) is 0 Å². The molecule has 0 aliphatic carbocycles. The minimum atomic E-state index is -4.67. The van der Waals surface area contributed by atoms with Crippen LogP contribution in [-0.4, -0.2) is 45.7 Å². The molecule has 0 bridgehead atoms. The first-order chi connectivity index (χ1) is 8.79. The van der Waals surface area contributed by atoms with E-state index in [1.165, 1.54) is 0 Å². The van der Waals surface area contributed by atoms with Crippen molar-refractivity contribution in [1.82, 2.24) is 15.3 Å². The molecular formula is C8H15N5O4S2. The van der Waals surface area contributed by atoms with Gasteiger partial charge in [0.05, 0.1) is 5.75 Å². The molecule has 108 valence electrons. The third kappa shape index (κ3) is 16.6. The van der Waals surface area contributed by atoms with E-state index >= 15 is 0 Å². The highest BCUT2D eigenvalue weighted by Crippen LogP contribution is 2.05. The van der Waals surface area contributed by atoms with E-state index in [2.05, 4.69) is 15.3 Å². The summed E-state index contributed by atoms with van der Waals surface area (Å²) in [6.07, 6.45) is 3.47. The molecule has 11 heteroatoms. The Balaban J connectivity index is 0.000000555.